The number of nitrogens with one attached hydrogen (secondary N) is 1. The Bertz CT molecular complexity index is 828. The van der Waals surface area contributed by atoms with E-state index in [1.165, 1.54) is 19.5 Å². The number of hydrogen-bond acceptors (Lipinski definition) is 4. The molecular formula is C19H18Cl2N2O3. The van der Waals surface area contributed by atoms with Gasteiger partial charge in [-0.15, -0.1) is 0 Å². The third-order valence-electron chi connectivity index (χ3n) is 4.55. The second-order valence-electron chi connectivity index (χ2n) is 6.19. The van der Waals surface area contributed by atoms with E-state index in [-0.39, 0.29) is 27.4 Å². The summed E-state index contributed by atoms with van der Waals surface area (Å²) in [4.78, 5) is 29.3. The van der Waals surface area contributed by atoms with Crippen molar-refractivity contribution in [2.45, 2.75) is 25.7 Å². The molecule has 7 heteroatoms. The molecule has 26 heavy (non-hydrogen) atoms. The van der Waals surface area contributed by atoms with Crippen LogP contribution in [-0.4, -0.2) is 23.8 Å². The van der Waals surface area contributed by atoms with Crippen LogP contribution < -0.4 is 10.1 Å². The van der Waals surface area contributed by atoms with Crippen LogP contribution in [0.5, 0.6) is 5.75 Å². The molecule has 0 saturated heterocycles. The zero-order valence-electron chi connectivity index (χ0n) is 14.2. The van der Waals surface area contributed by atoms with Crippen molar-refractivity contribution >= 4 is 40.6 Å². The van der Waals surface area contributed by atoms with E-state index in [1.54, 1.807) is 18.2 Å². The van der Waals surface area contributed by atoms with Gasteiger partial charge >= 0.3 is 0 Å². The van der Waals surface area contributed by atoms with Crippen LogP contribution in [0.1, 0.15) is 46.4 Å². The topological polar surface area (TPSA) is 68.3 Å². The van der Waals surface area contributed by atoms with Crippen LogP contribution in [0, 0.1) is 5.92 Å². The molecule has 0 unspecified atom stereocenters. The number of Topliss-reactive ketones (excluding diaryl/α,β-unsaturated/α-hetero) is 1. The number of amides is 1. The SMILES string of the molecule is COc1ccc(C(=O)Nc2c(Cl)cncc2Cl)cc1C(=O)C1CCCC1. The first-order chi connectivity index (χ1) is 12.5. The van der Waals surface area contributed by atoms with E-state index in [0.29, 0.717) is 16.9 Å². The predicted octanol–water partition coefficient (Wildman–Crippen LogP) is 5.02. The number of aromatic nitrogens is 1. The van der Waals surface area contributed by atoms with Gasteiger partial charge < -0.3 is 10.1 Å². The van der Waals surface area contributed by atoms with Gasteiger partial charge in [-0.1, -0.05) is 36.0 Å². The monoisotopic (exact) mass is 392 g/mol. The molecule has 1 aromatic heterocycles. The quantitative estimate of drug-likeness (QED) is 0.724. The van der Waals surface area contributed by atoms with Gasteiger partial charge in [-0.05, 0) is 31.0 Å². The average molecular weight is 393 g/mol. The van der Waals surface area contributed by atoms with Gasteiger partial charge in [0.25, 0.3) is 5.91 Å². The van der Waals surface area contributed by atoms with Gasteiger partial charge in [0.1, 0.15) is 5.75 Å². The highest BCUT2D eigenvalue weighted by atomic mass is 35.5. The smallest absolute Gasteiger partial charge is 0.255 e. The first kappa shape index (κ1) is 18.7. The Labute approximate surface area is 161 Å². The van der Waals surface area contributed by atoms with Gasteiger partial charge in [-0.3, -0.25) is 14.6 Å². The Morgan fingerprint density at radius 3 is 2.42 bits per heavy atom. The minimum absolute atomic E-state index is 0.00806. The van der Waals surface area contributed by atoms with E-state index in [1.807, 2.05) is 0 Å². The molecule has 0 bridgehead atoms. The largest absolute Gasteiger partial charge is 0.496 e. The number of carbonyl (C=O) groups excluding carboxylic acids is 2. The van der Waals surface area contributed by atoms with Crippen LogP contribution in [0.2, 0.25) is 10.0 Å². The molecule has 136 valence electrons. The summed E-state index contributed by atoms with van der Waals surface area (Å²) in [6, 6.07) is 4.80. The Morgan fingerprint density at radius 1 is 1.15 bits per heavy atom. The van der Waals surface area contributed by atoms with Crippen LogP contribution in [0.3, 0.4) is 0 Å². The number of ether oxygens (including phenoxy) is 1. The van der Waals surface area contributed by atoms with Gasteiger partial charge in [0, 0.05) is 23.9 Å². The molecule has 1 saturated carbocycles. The summed E-state index contributed by atoms with van der Waals surface area (Å²) in [6.45, 7) is 0. The highest BCUT2D eigenvalue weighted by Gasteiger charge is 2.27. The summed E-state index contributed by atoms with van der Waals surface area (Å²) in [7, 11) is 1.51. The molecule has 0 aliphatic heterocycles. The van der Waals surface area contributed by atoms with Crippen molar-refractivity contribution in [1.29, 1.82) is 0 Å². The summed E-state index contributed by atoms with van der Waals surface area (Å²) >= 11 is 12.1. The van der Waals surface area contributed by atoms with Crippen molar-refractivity contribution in [3.8, 4) is 5.75 Å². The Hall–Kier alpha value is -2.11. The van der Waals surface area contributed by atoms with Gasteiger partial charge in [-0.2, -0.15) is 0 Å². The maximum atomic E-state index is 12.8. The van der Waals surface area contributed by atoms with E-state index in [4.69, 9.17) is 27.9 Å². The maximum absolute atomic E-state index is 12.8. The number of anilines is 1. The van der Waals surface area contributed by atoms with Crippen LogP contribution in [-0.2, 0) is 0 Å². The highest BCUT2D eigenvalue weighted by molar-refractivity contribution is 6.39. The second kappa shape index (κ2) is 8.06. The molecule has 1 aromatic carbocycles. The van der Waals surface area contributed by atoms with Crippen LogP contribution in [0.25, 0.3) is 0 Å². The standard InChI is InChI=1S/C19H18Cl2N2O3/c1-26-16-7-6-12(8-13(16)18(24)11-4-2-3-5-11)19(25)23-17-14(20)9-22-10-15(17)21/h6-11H,2-5H2,1H3,(H,22,23,25). The number of pyridine rings is 1. The first-order valence-corrected chi connectivity index (χ1v) is 9.09. The molecule has 1 N–H and O–H groups in total. The molecule has 1 aliphatic carbocycles. The Kier molecular flexibility index (Phi) is 5.79. The van der Waals surface area contributed by atoms with Gasteiger partial charge in [0.05, 0.1) is 28.4 Å². The third-order valence-corrected chi connectivity index (χ3v) is 5.12. The van der Waals surface area contributed by atoms with Crippen molar-refractivity contribution in [3.05, 3.63) is 51.8 Å². The molecule has 0 atom stereocenters. The van der Waals surface area contributed by atoms with Gasteiger partial charge in [0.2, 0.25) is 0 Å². The van der Waals surface area contributed by atoms with Crippen LogP contribution >= 0.6 is 23.2 Å². The van der Waals surface area contributed by atoms with Crippen molar-refractivity contribution in [2.75, 3.05) is 12.4 Å². The number of halogens is 2. The number of benzene rings is 1. The van der Waals surface area contributed by atoms with E-state index < -0.39 is 5.91 Å². The lowest BCUT2D eigenvalue weighted by atomic mass is 9.94. The minimum atomic E-state index is -0.414. The highest BCUT2D eigenvalue weighted by Crippen LogP contribution is 2.33. The summed E-state index contributed by atoms with van der Waals surface area (Å²) in [5.41, 5.74) is 1.04. The van der Waals surface area contributed by atoms with E-state index in [2.05, 4.69) is 10.3 Å². The molecule has 1 amide bonds. The van der Waals surface area contributed by atoms with Crippen molar-refractivity contribution in [3.63, 3.8) is 0 Å². The molecule has 5 nitrogen and oxygen atoms in total. The number of methoxy groups -OCH3 is 1. The normalized spacial score (nSPS) is 14.3. The van der Waals surface area contributed by atoms with Crippen molar-refractivity contribution in [2.24, 2.45) is 5.92 Å². The molecule has 1 heterocycles. The molecular weight excluding hydrogens is 375 g/mol. The summed E-state index contributed by atoms with van der Waals surface area (Å²) in [5, 5.41) is 3.15. The zero-order valence-corrected chi connectivity index (χ0v) is 15.7. The number of rotatable bonds is 5. The number of nitrogens with zero attached hydrogens (tertiary/aromatic N) is 1. The van der Waals surface area contributed by atoms with Gasteiger partial charge in [0.15, 0.2) is 5.78 Å². The minimum Gasteiger partial charge on any atom is -0.496 e. The van der Waals surface area contributed by atoms with E-state index in [0.717, 1.165) is 25.7 Å². The first-order valence-electron chi connectivity index (χ1n) is 8.34. The van der Waals surface area contributed by atoms with Crippen LogP contribution in [0.15, 0.2) is 30.6 Å². The zero-order chi connectivity index (χ0) is 18.7. The summed E-state index contributed by atoms with van der Waals surface area (Å²) in [6.07, 6.45) is 6.65. The lowest BCUT2D eigenvalue weighted by Gasteiger charge is -2.14. The van der Waals surface area contributed by atoms with E-state index >= 15 is 0 Å². The Balaban J connectivity index is 1.89. The summed E-state index contributed by atoms with van der Waals surface area (Å²) in [5.74, 6) is 0.0711. The van der Waals surface area contributed by atoms with E-state index in [9.17, 15) is 9.59 Å². The molecule has 3 rings (SSSR count). The molecule has 2 aromatic rings. The molecule has 1 fully saturated rings. The number of carbonyl (C=O) groups is 2. The van der Waals surface area contributed by atoms with Gasteiger partial charge in [-0.25, -0.2) is 0 Å². The van der Waals surface area contributed by atoms with Crippen molar-refractivity contribution in [1.82, 2.24) is 4.98 Å². The number of hydrogen-bond donors (Lipinski definition) is 1. The molecule has 0 radical (unpaired) electrons. The lowest BCUT2D eigenvalue weighted by molar-refractivity contribution is 0.0919. The number of ketones is 1. The summed E-state index contributed by atoms with van der Waals surface area (Å²) < 4.78 is 5.31. The maximum Gasteiger partial charge on any atom is 0.255 e. The third kappa shape index (κ3) is 3.84. The molecule has 0 spiro atoms. The average Bonchev–Trinajstić information content (AvgIpc) is 3.18. The Morgan fingerprint density at radius 2 is 1.81 bits per heavy atom. The fraction of sp³-hybridized carbons (Fsp3) is 0.316. The second-order valence-corrected chi connectivity index (χ2v) is 7.01. The predicted molar refractivity (Wildman–Crippen MR) is 101 cm³/mol. The molecule has 1 aliphatic rings. The van der Waals surface area contributed by atoms with Crippen LogP contribution in [0.4, 0.5) is 5.69 Å². The fourth-order valence-corrected chi connectivity index (χ4v) is 3.63. The fourth-order valence-electron chi connectivity index (χ4n) is 3.17. The van der Waals surface area contributed by atoms with Crippen molar-refractivity contribution < 1.29 is 14.3 Å². The lowest BCUT2D eigenvalue weighted by Crippen LogP contribution is -2.16.